The van der Waals surface area contributed by atoms with Crippen LogP contribution in [-0.2, 0) is 19.1 Å². The van der Waals surface area contributed by atoms with Gasteiger partial charge in [0.1, 0.15) is 22.9 Å². The first-order chi connectivity index (χ1) is 14.3. The third-order valence-corrected chi connectivity index (χ3v) is 9.10. The van der Waals surface area contributed by atoms with E-state index in [0.717, 1.165) is 25.7 Å². The minimum Gasteiger partial charge on any atom is -0.490 e. The first-order valence-corrected chi connectivity index (χ1v) is 12.4. The molecule has 2 fully saturated rings. The van der Waals surface area contributed by atoms with Gasteiger partial charge in [-0.2, -0.15) is 0 Å². The summed E-state index contributed by atoms with van der Waals surface area (Å²) in [7, 11) is 0. The molecule has 0 aromatic heterocycles. The van der Waals surface area contributed by atoms with Crippen molar-refractivity contribution in [2.24, 2.45) is 40.4 Å². The lowest BCUT2D eigenvalue weighted by atomic mass is 9.48. The molecule has 3 aliphatic rings. The molecule has 0 aromatic rings. The number of ketones is 3. The van der Waals surface area contributed by atoms with Crippen LogP contribution in [0.1, 0.15) is 94.4 Å². The van der Waals surface area contributed by atoms with Crippen molar-refractivity contribution in [1.29, 1.82) is 0 Å². The molecule has 0 N–H and O–H groups in total. The van der Waals surface area contributed by atoms with E-state index in [1.165, 1.54) is 0 Å². The molecule has 6 atom stereocenters. The fourth-order valence-corrected chi connectivity index (χ4v) is 6.90. The van der Waals surface area contributed by atoms with Crippen LogP contribution in [0.5, 0.6) is 0 Å². The summed E-state index contributed by atoms with van der Waals surface area (Å²) in [6.45, 7) is 18.1. The highest BCUT2D eigenvalue weighted by atomic mass is 16.5. The minimum absolute atomic E-state index is 0.0119. The summed E-state index contributed by atoms with van der Waals surface area (Å²) in [4.78, 5) is 41.5. The largest absolute Gasteiger partial charge is 0.490 e. The molecule has 1 saturated heterocycles. The van der Waals surface area contributed by atoms with E-state index >= 15 is 0 Å². The molecule has 1 heterocycles. The molecule has 0 bridgehead atoms. The standard InChI is InChI=1S/C27H42O4/c1-10-16(5)21(28)18-14-19(22(29)17(6)11-2)26(9)13-12-20-25(7,8)31-24(18)27(20,26)23(30)15(3)4/h15-17,19-20H,10-14H2,1-9H3/t16-,17-,19+,20-,26+,27+/m0/s1. The summed E-state index contributed by atoms with van der Waals surface area (Å²) < 4.78 is 6.60. The lowest BCUT2D eigenvalue weighted by Gasteiger charge is -2.51. The average Bonchev–Trinajstić information content (AvgIpc) is 3.18. The van der Waals surface area contributed by atoms with Gasteiger partial charge in [0.25, 0.3) is 0 Å². The van der Waals surface area contributed by atoms with E-state index in [9.17, 15) is 14.4 Å². The molecule has 31 heavy (non-hydrogen) atoms. The Kier molecular flexibility index (Phi) is 6.13. The van der Waals surface area contributed by atoms with Crippen LogP contribution >= 0.6 is 0 Å². The topological polar surface area (TPSA) is 60.4 Å². The Morgan fingerprint density at radius 2 is 1.58 bits per heavy atom. The molecular formula is C27H42O4. The molecule has 2 aliphatic carbocycles. The number of ether oxygens (including phenoxy) is 1. The van der Waals surface area contributed by atoms with Crippen molar-refractivity contribution in [3.63, 3.8) is 0 Å². The highest BCUT2D eigenvalue weighted by Gasteiger charge is 2.77. The average molecular weight is 431 g/mol. The zero-order valence-electron chi connectivity index (χ0n) is 21.1. The van der Waals surface area contributed by atoms with Crippen molar-refractivity contribution in [3.05, 3.63) is 11.3 Å². The predicted molar refractivity (Wildman–Crippen MR) is 122 cm³/mol. The van der Waals surface area contributed by atoms with Crippen molar-refractivity contribution in [2.45, 2.75) is 100 Å². The summed E-state index contributed by atoms with van der Waals surface area (Å²) in [5.41, 5.74) is -1.30. The zero-order chi connectivity index (χ0) is 23.5. The number of carbonyl (C=O) groups is 3. The van der Waals surface area contributed by atoms with Gasteiger partial charge in [-0.3, -0.25) is 14.4 Å². The van der Waals surface area contributed by atoms with Gasteiger partial charge >= 0.3 is 0 Å². The lowest BCUT2D eigenvalue weighted by Crippen LogP contribution is -2.56. The second-order valence-corrected chi connectivity index (χ2v) is 11.5. The van der Waals surface area contributed by atoms with E-state index in [4.69, 9.17) is 4.74 Å². The minimum atomic E-state index is -0.880. The van der Waals surface area contributed by atoms with Crippen LogP contribution in [0.25, 0.3) is 0 Å². The maximum atomic E-state index is 14.1. The van der Waals surface area contributed by atoms with Gasteiger partial charge in [0.15, 0.2) is 5.78 Å². The summed E-state index contributed by atoms with van der Waals surface area (Å²) in [6.07, 6.45) is 3.58. The summed E-state index contributed by atoms with van der Waals surface area (Å²) in [5.74, 6) is 0.286. The van der Waals surface area contributed by atoms with Crippen molar-refractivity contribution in [2.75, 3.05) is 0 Å². The zero-order valence-corrected chi connectivity index (χ0v) is 21.1. The molecule has 4 heteroatoms. The van der Waals surface area contributed by atoms with Crippen molar-refractivity contribution in [1.82, 2.24) is 0 Å². The van der Waals surface area contributed by atoms with Crippen molar-refractivity contribution < 1.29 is 19.1 Å². The van der Waals surface area contributed by atoms with Crippen LogP contribution in [-0.4, -0.2) is 23.0 Å². The van der Waals surface area contributed by atoms with E-state index in [1.807, 2.05) is 41.5 Å². The molecule has 1 aliphatic heterocycles. The van der Waals surface area contributed by atoms with Gasteiger partial charge in [0.2, 0.25) is 0 Å². The normalized spacial score (nSPS) is 35.5. The van der Waals surface area contributed by atoms with E-state index in [0.29, 0.717) is 17.8 Å². The van der Waals surface area contributed by atoms with Gasteiger partial charge in [-0.15, -0.1) is 0 Å². The Hall–Kier alpha value is -1.45. The second-order valence-electron chi connectivity index (χ2n) is 11.5. The SMILES string of the molecule is CC[C@H](C)C(=O)C1=C2OC(C)(C)[C@@H]3CC[C@](C)([C@@H](C(=O)[C@@H](C)CC)C1)[C@]23C(=O)C(C)C. The smallest absolute Gasteiger partial charge is 0.165 e. The third kappa shape index (κ3) is 3.10. The van der Waals surface area contributed by atoms with Gasteiger partial charge < -0.3 is 4.74 Å². The molecular weight excluding hydrogens is 388 g/mol. The van der Waals surface area contributed by atoms with Gasteiger partial charge in [0, 0.05) is 35.2 Å². The maximum Gasteiger partial charge on any atom is 0.165 e. The fraction of sp³-hybridized carbons (Fsp3) is 0.815. The molecule has 1 saturated carbocycles. The van der Waals surface area contributed by atoms with Gasteiger partial charge in [-0.1, -0.05) is 48.5 Å². The van der Waals surface area contributed by atoms with E-state index in [-0.39, 0.29) is 46.9 Å². The number of Topliss-reactive ketones (excluding diaryl/α,β-unsaturated/α-hetero) is 3. The quantitative estimate of drug-likeness (QED) is 0.479. The van der Waals surface area contributed by atoms with Crippen LogP contribution in [0.3, 0.4) is 0 Å². The monoisotopic (exact) mass is 430 g/mol. The second kappa shape index (κ2) is 7.85. The molecule has 4 nitrogen and oxygen atoms in total. The fourth-order valence-electron chi connectivity index (χ4n) is 6.90. The lowest BCUT2D eigenvalue weighted by molar-refractivity contribution is -0.147. The van der Waals surface area contributed by atoms with Crippen LogP contribution in [0.4, 0.5) is 0 Å². The van der Waals surface area contributed by atoms with Gasteiger partial charge in [0.05, 0.1) is 5.41 Å². The Balaban J connectivity index is 2.36. The molecule has 0 radical (unpaired) electrons. The maximum absolute atomic E-state index is 14.1. The highest BCUT2D eigenvalue weighted by molar-refractivity contribution is 6.03. The van der Waals surface area contributed by atoms with Crippen molar-refractivity contribution in [3.8, 4) is 0 Å². The van der Waals surface area contributed by atoms with Crippen LogP contribution in [0, 0.1) is 40.4 Å². The number of allylic oxidation sites excluding steroid dienone is 2. The molecule has 0 aromatic carbocycles. The van der Waals surface area contributed by atoms with E-state index in [1.54, 1.807) is 0 Å². The molecule has 0 unspecified atom stereocenters. The highest BCUT2D eigenvalue weighted by Crippen LogP contribution is 2.74. The van der Waals surface area contributed by atoms with Crippen LogP contribution in [0.2, 0.25) is 0 Å². The Labute approximate surface area is 188 Å². The first kappa shape index (κ1) is 24.2. The third-order valence-electron chi connectivity index (χ3n) is 9.10. The van der Waals surface area contributed by atoms with E-state index in [2.05, 4.69) is 20.8 Å². The molecule has 0 amide bonds. The molecule has 0 spiro atoms. The van der Waals surface area contributed by atoms with Crippen LogP contribution in [0.15, 0.2) is 11.3 Å². The molecule has 174 valence electrons. The summed E-state index contributed by atoms with van der Waals surface area (Å²) >= 11 is 0. The first-order valence-electron chi connectivity index (χ1n) is 12.4. The molecule has 3 rings (SSSR count). The Morgan fingerprint density at radius 1 is 1.00 bits per heavy atom. The Bertz CT molecular complexity index is 819. The number of hydrogen-bond acceptors (Lipinski definition) is 4. The number of carbonyl (C=O) groups excluding carboxylic acids is 3. The Morgan fingerprint density at radius 3 is 2.10 bits per heavy atom. The van der Waals surface area contributed by atoms with Gasteiger partial charge in [-0.05, 0) is 51.4 Å². The van der Waals surface area contributed by atoms with Gasteiger partial charge in [-0.25, -0.2) is 0 Å². The number of hydrogen-bond donors (Lipinski definition) is 0. The van der Waals surface area contributed by atoms with E-state index < -0.39 is 16.4 Å². The summed E-state index contributed by atoms with van der Waals surface area (Å²) in [6, 6.07) is 0. The summed E-state index contributed by atoms with van der Waals surface area (Å²) in [5, 5.41) is 0. The van der Waals surface area contributed by atoms with Crippen LogP contribution < -0.4 is 0 Å². The van der Waals surface area contributed by atoms with Crippen molar-refractivity contribution >= 4 is 17.3 Å². The number of rotatable bonds is 8. The predicted octanol–water partition coefficient (Wildman–Crippen LogP) is 5.93.